The molecule has 4 nitrogen and oxygen atoms in total. The van der Waals surface area contributed by atoms with Crippen LogP contribution in [-0.4, -0.2) is 22.5 Å². The fourth-order valence-electron chi connectivity index (χ4n) is 5.51. The number of rotatable bonds is 3. The van der Waals surface area contributed by atoms with Crippen LogP contribution in [0.15, 0.2) is 0 Å². The second-order valence-electron chi connectivity index (χ2n) is 7.15. The molecule has 4 rings (SSSR count). The molecule has 1 atom stereocenters. The van der Waals surface area contributed by atoms with Crippen LogP contribution >= 0.6 is 0 Å². The van der Waals surface area contributed by atoms with Gasteiger partial charge < -0.3 is 10.4 Å². The molecule has 0 aliphatic heterocycles. The van der Waals surface area contributed by atoms with Crippen molar-refractivity contribution < 1.29 is 14.7 Å². The van der Waals surface area contributed by atoms with Crippen LogP contribution in [0.3, 0.4) is 0 Å². The number of carbonyl (C=O) groups excluding carboxylic acids is 1. The molecule has 4 aliphatic rings. The maximum Gasteiger partial charge on any atom is 0.329 e. The van der Waals surface area contributed by atoms with Crippen LogP contribution in [0.25, 0.3) is 0 Å². The summed E-state index contributed by atoms with van der Waals surface area (Å²) in [6.07, 6.45) is 6.02. The molecule has 4 fully saturated rings. The van der Waals surface area contributed by atoms with Gasteiger partial charge in [-0.05, 0) is 68.6 Å². The van der Waals surface area contributed by atoms with Crippen LogP contribution in [0.5, 0.6) is 0 Å². The molecule has 4 bridgehead atoms. The van der Waals surface area contributed by atoms with Crippen LogP contribution in [0, 0.1) is 29.6 Å². The third kappa shape index (κ3) is 1.96. The fourth-order valence-corrected chi connectivity index (χ4v) is 5.51. The van der Waals surface area contributed by atoms with E-state index in [-0.39, 0.29) is 11.8 Å². The lowest BCUT2D eigenvalue weighted by atomic mass is 9.48. The number of aliphatic carboxylic acids is 1. The smallest absolute Gasteiger partial charge is 0.329 e. The molecular formula is C15H23NO3. The molecule has 4 heteroatoms. The van der Waals surface area contributed by atoms with E-state index < -0.39 is 11.5 Å². The van der Waals surface area contributed by atoms with Crippen molar-refractivity contribution in [1.29, 1.82) is 0 Å². The third-order valence-corrected chi connectivity index (χ3v) is 5.77. The Hall–Kier alpha value is -1.06. The summed E-state index contributed by atoms with van der Waals surface area (Å²) in [6, 6.07) is 0. The molecule has 0 spiro atoms. The van der Waals surface area contributed by atoms with Crippen molar-refractivity contribution in [2.45, 2.75) is 51.5 Å². The van der Waals surface area contributed by atoms with E-state index in [0.717, 1.165) is 11.8 Å². The average molecular weight is 265 g/mol. The molecule has 19 heavy (non-hydrogen) atoms. The summed E-state index contributed by atoms with van der Waals surface area (Å²) >= 11 is 0. The van der Waals surface area contributed by atoms with E-state index in [9.17, 15) is 14.7 Å². The average Bonchev–Trinajstić information content (AvgIpc) is 2.25. The van der Waals surface area contributed by atoms with E-state index in [0.29, 0.717) is 11.8 Å². The van der Waals surface area contributed by atoms with Crippen LogP contribution in [0.1, 0.15) is 46.0 Å². The summed E-state index contributed by atoms with van der Waals surface area (Å²) in [4.78, 5) is 23.2. The largest absolute Gasteiger partial charge is 0.480 e. The number of carbonyl (C=O) groups is 2. The maximum atomic E-state index is 11.8. The van der Waals surface area contributed by atoms with Crippen LogP contribution < -0.4 is 5.32 Å². The van der Waals surface area contributed by atoms with Crippen LogP contribution in [0.2, 0.25) is 0 Å². The summed E-state index contributed by atoms with van der Waals surface area (Å²) in [5.41, 5.74) is -1.09. The van der Waals surface area contributed by atoms with Crippen molar-refractivity contribution in [2.75, 3.05) is 0 Å². The first-order valence-electron chi connectivity index (χ1n) is 7.42. The van der Waals surface area contributed by atoms with E-state index in [1.54, 1.807) is 6.92 Å². The lowest BCUT2D eigenvalue weighted by molar-refractivity contribution is -0.159. The predicted molar refractivity (Wildman–Crippen MR) is 70.4 cm³/mol. The Bertz CT molecular complexity index is 392. The van der Waals surface area contributed by atoms with Gasteiger partial charge in [0.25, 0.3) is 0 Å². The van der Waals surface area contributed by atoms with Crippen molar-refractivity contribution in [1.82, 2.24) is 5.32 Å². The monoisotopic (exact) mass is 265 g/mol. The van der Waals surface area contributed by atoms with Gasteiger partial charge in [-0.1, -0.05) is 0 Å². The van der Waals surface area contributed by atoms with Gasteiger partial charge in [0.05, 0.1) is 0 Å². The van der Waals surface area contributed by atoms with Crippen molar-refractivity contribution in [3.8, 4) is 0 Å². The maximum absolute atomic E-state index is 11.8. The van der Waals surface area contributed by atoms with Gasteiger partial charge in [-0.15, -0.1) is 0 Å². The van der Waals surface area contributed by atoms with Crippen LogP contribution in [0.4, 0.5) is 0 Å². The predicted octanol–water partition coefficient (Wildman–Crippen LogP) is 2.04. The molecule has 0 aromatic rings. The molecule has 0 saturated heterocycles. The molecule has 0 aromatic heterocycles. The molecule has 2 N–H and O–H groups in total. The lowest BCUT2D eigenvalue weighted by Crippen LogP contribution is -2.64. The number of carboxylic acid groups (broad SMARTS) is 1. The van der Waals surface area contributed by atoms with Gasteiger partial charge in [0, 0.05) is 6.92 Å². The Labute approximate surface area is 113 Å². The van der Waals surface area contributed by atoms with Gasteiger partial charge in [-0.2, -0.15) is 0 Å². The standard InChI is InChI=1S/C15H23NO3/c1-8(17)16-15(2,14(18)19)13-11-4-9-3-10(6-11)7-12(13)5-9/h9-13H,3-7H2,1-2H3,(H,16,17)(H,18,19). The topological polar surface area (TPSA) is 66.4 Å². The van der Waals surface area contributed by atoms with Gasteiger partial charge in [0.1, 0.15) is 5.54 Å². The Morgan fingerprint density at radius 2 is 1.53 bits per heavy atom. The Morgan fingerprint density at radius 1 is 1.05 bits per heavy atom. The van der Waals surface area contributed by atoms with Gasteiger partial charge >= 0.3 is 5.97 Å². The molecule has 1 unspecified atom stereocenters. The minimum absolute atomic E-state index is 0.113. The quantitative estimate of drug-likeness (QED) is 0.820. The second kappa shape index (κ2) is 4.22. The van der Waals surface area contributed by atoms with E-state index in [4.69, 9.17) is 0 Å². The zero-order valence-electron chi connectivity index (χ0n) is 11.7. The first kappa shape index (κ1) is 12.9. The molecule has 0 radical (unpaired) electrons. The van der Waals surface area contributed by atoms with E-state index in [2.05, 4.69) is 5.32 Å². The highest BCUT2D eigenvalue weighted by Gasteiger charge is 2.57. The van der Waals surface area contributed by atoms with Crippen molar-refractivity contribution in [3.63, 3.8) is 0 Å². The molecule has 4 saturated carbocycles. The molecule has 1 amide bonds. The first-order valence-corrected chi connectivity index (χ1v) is 7.42. The Morgan fingerprint density at radius 3 is 1.89 bits per heavy atom. The molecule has 4 aliphatic carbocycles. The number of hydrogen-bond acceptors (Lipinski definition) is 2. The van der Waals surface area contributed by atoms with Gasteiger partial charge in [-0.25, -0.2) is 4.79 Å². The van der Waals surface area contributed by atoms with Crippen LogP contribution in [-0.2, 0) is 9.59 Å². The fraction of sp³-hybridized carbons (Fsp3) is 0.867. The highest BCUT2D eigenvalue weighted by atomic mass is 16.4. The Kier molecular flexibility index (Phi) is 2.88. The number of nitrogens with one attached hydrogen (secondary N) is 1. The number of carboxylic acids is 1. The van der Waals surface area contributed by atoms with Crippen molar-refractivity contribution in [3.05, 3.63) is 0 Å². The van der Waals surface area contributed by atoms with Gasteiger partial charge in [-0.3, -0.25) is 4.79 Å². The first-order chi connectivity index (χ1) is 8.90. The summed E-state index contributed by atoms with van der Waals surface area (Å²) in [5, 5.41) is 12.4. The SMILES string of the molecule is CC(=O)NC(C)(C(=O)O)C1C2CC3CC(C2)CC1C3. The highest BCUT2D eigenvalue weighted by Crippen LogP contribution is 2.59. The second-order valence-corrected chi connectivity index (χ2v) is 7.15. The normalized spacial score (nSPS) is 42.7. The summed E-state index contributed by atoms with van der Waals surface area (Å²) in [7, 11) is 0. The minimum atomic E-state index is -1.09. The number of hydrogen-bond donors (Lipinski definition) is 2. The number of amides is 1. The summed E-state index contributed by atoms with van der Waals surface area (Å²) < 4.78 is 0. The summed E-state index contributed by atoms with van der Waals surface area (Å²) in [5.74, 6) is 1.61. The minimum Gasteiger partial charge on any atom is -0.480 e. The molecule has 0 aromatic carbocycles. The molecular weight excluding hydrogens is 242 g/mol. The van der Waals surface area contributed by atoms with Gasteiger partial charge in [0.2, 0.25) is 5.91 Å². The van der Waals surface area contributed by atoms with Crippen molar-refractivity contribution >= 4 is 11.9 Å². The van der Waals surface area contributed by atoms with E-state index in [1.807, 2.05) is 0 Å². The van der Waals surface area contributed by atoms with E-state index in [1.165, 1.54) is 39.0 Å². The lowest BCUT2D eigenvalue weighted by Gasteiger charge is -2.58. The third-order valence-electron chi connectivity index (χ3n) is 5.77. The van der Waals surface area contributed by atoms with E-state index >= 15 is 0 Å². The van der Waals surface area contributed by atoms with Crippen molar-refractivity contribution in [2.24, 2.45) is 29.6 Å². The summed E-state index contributed by atoms with van der Waals surface area (Å²) in [6.45, 7) is 3.13. The zero-order valence-corrected chi connectivity index (χ0v) is 11.7. The molecule has 106 valence electrons. The highest BCUT2D eigenvalue weighted by molar-refractivity contribution is 5.86. The molecule has 0 heterocycles. The zero-order chi connectivity index (χ0) is 13.8. The Balaban J connectivity index is 1.90. The van der Waals surface area contributed by atoms with Gasteiger partial charge in [0.15, 0.2) is 0 Å².